The molecule has 0 bridgehead atoms. The van der Waals surface area contributed by atoms with E-state index in [4.69, 9.17) is 9.57 Å². The third-order valence-electron chi connectivity index (χ3n) is 1.08. The van der Waals surface area contributed by atoms with Crippen LogP contribution in [0.25, 0.3) is 0 Å². The Morgan fingerprint density at radius 2 is 2.00 bits per heavy atom. The molecule has 0 unspecified atom stereocenters. The summed E-state index contributed by atoms with van der Waals surface area (Å²) < 4.78 is 5.04. The molecule has 0 atom stereocenters. The molecule has 0 saturated heterocycles. The van der Waals surface area contributed by atoms with Crippen molar-refractivity contribution in [2.45, 2.75) is 26.4 Å². The minimum Gasteiger partial charge on any atom is -0.442 e. The van der Waals surface area contributed by atoms with Gasteiger partial charge in [-0.2, -0.15) is 5.06 Å². The first-order valence-electron chi connectivity index (χ1n) is 4.25. The topological polar surface area (TPSA) is 66.4 Å². The normalized spacial score (nSPS) is 11.2. The monoisotopic (exact) mass is 191 g/mol. The van der Waals surface area contributed by atoms with Crippen molar-refractivity contribution in [2.75, 3.05) is 20.2 Å². The van der Waals surface area contributed by atoms with Gasteiger partial charge in [-0.25, -0.2) is 4.79 Å². The maximum atomic E-state index is 11.2. The summed E-state index contributed by atoms with van der Waals surface area (Å²) >= 11 is 0. The average Bonchev–Trinajstić information content (AvgIpc) is 1.96. The van der Waals surface area contributed by atoms with Crippen LogP contribution in [-0.2, 0) is 9.57 Å². The lowest BCUT2D eigenvalue weighted by Crippen LogP contribution is -2.53. The first-order chi connectivity index (χ1) is 5.87. The number of amides is 1. The van der Waals surface area contributed by atoms with Gasteiger partial charge in [0.25, 0.3) is 0 Å². The Balaban J connectivity index is 3.83. The van der Waals surface area contributed by atoms with E-state index in [0.29, 0.717) is 13.2 Å². The fourth-order valence-corrected chi connectivity index (χ4v) is 0.580. The van der Waals surface area contributed by atoms with Gasteiger partial charge in [0.05, 0.1) is 0 Å². The molecule has 0 heterocycles. The maximum absolute atomic E-state index is 11.2. The molecule has 78 valence electrons. The molecule has 1 amide bonds. The van der Waals surface area contributed by atoms with Crippen molar-refractivity contribution in [1.29, 1.82) is 0 Å². The van der Waals surface area contributed by atoms with Crippen molar-refractivity contribution in [3.05, 3.63) is 0 Å². The number of rotatable bonds is 3. The Bertz CT molecular complexity index is 165. The van der Waals surface area contributed by atoms with Gasteiger partial charge in [-0.3, -0.25) is 4.84 Å². The van der Waals surface area contributed by atoms with Crippen molar-refractivity contribution < 1.29 is 20.1 Å². The van der Waals surface area contributed by atoms with E-state index in [0.717, 1.165) is 5.06 Å². The van der Waals surface area contributed by atoms with E-state index < -0.39 is 11.7 Å². The van der Waals surface area contributed by atoms with Gasteiger partial charge in [0, 0.05) is 7.05 Å². The first kappa shape index (κ1) is 12.2. The third-order valence-corrected chi connectivity index (χ3v) is 1.08. The molecule has 0 aromatic rings. The zero-order valence-corrected chi connectivity index (χ0v) is 8.79. The van der Waals surface area contributed by atoms with Crippen molar-refractivity contribution >= 4 is 6.09 Å². The van der Waals surface area contributed by atoms with Gasteiger partial charge in [-0.1, -0.05) is 0 Å². The summed E-state index contributed by atoms with van der Waals surface area (Å²) in [6, 6.07) is 0. The van der Waals surface area contributed by atoms with E-state index in [9.17, 15) is 4.79 Å². The highest BCUT2D eigenvalue weighted by atomic mass is 16.7. The van der Waals surface area contributed by atoms with Gasteiger partial charge >= 0.3 is 6.09 Å². The van der Waals surface area contributed by atoms with Gasteiger partial charge < -0.3 is 10.5 Å². The molecule has 0 aliphatic carbocycles. The third kappa shape index (κ3) is 6.36. The largest absolute Gasteiger partial charge is 0.442 e. The lowest BCUT2D eigenvalue weighted by atomic mass is 10.2. The van der Waals surface area contributed by atoms with E-state index >= 15 is 0 Å². The van der Waals surface area contributed by atoms with Gasteiger partial charge in [0.15, 0.2) is 0 Å². The zero-order valence-electron chi connectivity index (χ0n) is 8.79. The lowest BCUT2D eigenvalue weighted by molar-refractivity contribution is -0.381. The van der Waals surface area contributed by atoms with Crippen molar-refractivity contribution in [2.24, 2.45) is 0 Å². The van der Waals surface area contributed by atoms with Crippen LogP contribution in [0.2, 0.25) is 0 Å². The smallest absolute Gasteiger partial charge is 0.434 e. The van der Waals surface area contributed by atoms with Crippen LogP contribution in [0.3, 0.4) is 0 Å². The Morgan fingerprint density at radius 1 is 1.46 bits per heavy atom. The number of nitrogens with zero attached hydrogens (tertiary/aromatic N) is 1. The van der Waals surface area contributed by atoms with Gasteiger partial charge in [0.2, 0.25) is 0 Å². The molecule has 0 saturated carbocycles. The molecule has 13 heavy (non-hydrogen) atoms. The van der Waals surface area contributed by atoms with E-state index in [2.05, 4.69) is 5.73 Å². The number of hydrogen-bond acceptors (Lipinski definition) is 3. The maximum Gasteiger partial charge on any atom is 0.434 e. The minimum atomic E-state index is -0.487. The van der Waals surface area contributed by atoms with E-state index in [1.54, 1.807) is 20.8 Å². The van der Waals surface area contributed by atoms with Crippen LogP contribution < -0.4 is 5.73 Å². The first-order valence-corrected chi connectivity index (χ1v) is 4.25. The van der Waals surface area contributed by atoms with E-state index in [1.165, 1.54) is 7.05 Å². The predicted octanol–water partition coefficient (Wildman–Crippen LogP) is 0.0268. The number of carbonyl (C=O) groups excluding carboxylic acids is 1. The summed E-state index contributed by atoms with van der Waals surface area (Å²) in [5.41, 5.74) is 3.10. The molecule has 0 aliphatic heterocycles. The summed E-state index contributed by atoms with van der Waals surface area (Å²) in [7, 11) is 1.52. The summed E-state index contributed by atoms with van der Waals surface area (Å²) in [5.74, 6) is 0. The minimum absolute atomic E-state index is 0.412. The van der Waals surface area contributed by atoms with Gasteiger partial charge in [0.1, 0.15) is 18.8 Å². The van der Waals surface area contributed by atoms with Crippen LogP contribution in [0.1, 0.15) is 20.8 Å². The Labute approximate surface area is 78.7 Å². The average molecular weight is 191 g/mol. The molecule has 3 N–H and O–H groups in total. The van der Waals surface area contributed by atoms with Crippen LogP contribution in [0.15, 0.2) is 0 Å². The second kappa shape index (κ2) is 5.04. The SMILES string of the molecule is CN(OCC[NH3+])C(=O)OC(C)(C)C. The summed E-state index contributed by atoms with van der Waals surface area (Å²) in [5, 5.41) is 1.08. The fourth-order valence-electron chi connectivity index (χ4n) is 0.580. The number of carbonyl (C=O) groups is 1. The molecule has 5 nitrogen and oxygen atoms in total. The summed E-state index contributed by atoms with van der Waals surface area (Å²) in [4.78, 5) is 16.2. The number of hydrogen-bond donors (Lipinski definition) is 1. The Hall–Kier alpha value is -0.810. The number of hydroxylamine groups is 2. The van der Waals surface area contributed by atoms with E-state index in [1.807, 2.05) is 0 Å². The van der Waals surface area contributed by atoms with Gasteiger partial charge in [-0.15, -0.1) is 0 Å². The van der Waals surface area contributed by atoms with E-state index in [-0.39, 0.29) is 0 Å². The molecular formula is C8H19N2O3+. The van der Waals surface area contributed by atoms with Crippen LogP contribution in [0, 0.1) is 0 Å². The Kier molecular flexibility index (Phi) is 4.72. The highest BCUT2D eigenvalue weighted by molar-refractivity contribution is 5.66. The highest BCUT2D eigenvalue weighted by Gasteiger charge is 2.19. The molecule has 0 radical (unpaired) electrons. The van der Waals surface area contributed by atoms with Crippen molar-refractivity contribution in [1.82, 2.24) is 5.06 Å². The van der Waals surface area contributed by atoms with Crippen molar-refractivity contribution in [3.8, 4) is 0 Å². The molecule has 0 aromatic heterocycles. The lowest BCUT2D eigenvalue weighted by Gasteiger charge is -2.23. The van der Waals surface area contributed by atoms with Crippen molar-refractivity contribution in [3.63, 3.8) is 0 Å². The molecule has 0 aliphatic rings. The second-order valence-electron chi connectivity index (χ2n) is 3.66. The molecule has 5 heteroatoms. The van der Waals surface area contributed by atoms with Crippen LogP contribution in [0.5, 0.6) is 0 Å². The summed E-state index contributed by atoms with van der Waals surface area (Å²) in [6.07, 6.45) is -0.485. The molecule has 0 rings (SSSR count). The quantitative estimate of drug-likeness (QED) is 0.640. The predicted molar refractivity (Wildman–Crippen MR) is 47.7 cm³/mol. The molecule has 0 fully saturated rings. The second-order valence-corrected chi connectivity index (χ2v) is 3.66. The summed E-state index contributed by atoms with van der Waals surface area (Å²) in [6.45, 7) is 6.45. The van der Waals surface area contributed by atoms with Gasteiger partial charge in [-0.05, 0) is 20.8 Å². The highest BCUT2D eigenvalue weighted by Crippen LogP contribution is 2.08. The van der Waals surface area contributed by atoms with Crippen LogP contribution in [-0.4, -0.2) is 37.0 Å². The van der Waals surface area contributed by atoms with Crippen LogP contribution >= 0.6 is 0 Å². The zero-order chi connectivity index (χ0) is 10.5. The number of quaternary nitrogens is 1. The number of ether oxygens (including phenoxy) is 1. The standard InChI is InChI=1S/C8H18N2O3/c1-8(2,3)13-7(11)10(4)12-6-5-9/h5-6,9H2,1-4H3/p+1. The van der Waals surface area contributed by atoms with Crippen LogP contribution in [0.4, 0.5) is 4.79 Å². The molecular weight excluding hydrogens is 172 g/mol. The fraction of sp³-hybridized carbons (Fsp3) is 0.875. The molecule has 0 aromatic carbocycles. The molecule has 0 spiro atoms. The Morgan fingerprint density at radius 3 is 2.38 bits per heavy atom.